The van der Waals surface area contributed by atoms with Crippen LogP contribution in [-0.2, 0) is 20.7 Å². The van der Waals surface area contributed by atoms with Crippen LogP contribution in [0, 0.1) is 46.3 Å². The highest BCUT2D eigenvalue weighted by Crippen LogP contribution is 2.70. The van der Waals surface area contributed by atoms with Crippen molar-refractivity contribution >= 4 is 11.8 Å². The van der Waals surface area contributed by atoms with Crippen molar-refractivity contribution in [2.75, 3.05) is 19.9 Å². The molecule has 47 heavy (non-hydrogen) atoms. The summed E-state index contributed by atoms with van der Waals surface area (Å²) < 4.78 is 17.9. The van der Waals surface area contributed by atoms with E-state index < -0.39 is 0 Å². The number of hydrogen-bond acceptors (Lipinski definition) is 6. The lowest BCUT2D eigenvalue weighted by atomic mass is 9.46. The molecule has 7 aliphatic rings. The molecule has 1 spiro atoms. The predicted octanol–water partition coefficient (Wildman–Crippen LogP) is 5.89. The molecule has 0 bridgehead atoms. The molecule has 1 aromatic carbocycles. The molecule has 8 nitrogen and oxygen atoms in total. The largest absolute Gasteiger partial charge is 0.454 e. The van der Waals surface area contributed by atoms with Gasteiger partial charge in [0.2, 0.25) is 18.6 Å². The Kier molecular flexibility index (Phi) is 7.94. The van der Waals surface area contributed by atoms with E-state index in [4.69, 9.17) is 14.2 Å². The van der Waals surface area contributed by atoms with E-state index in [-0.39, 0.29) is 42.2 Å². The van der Waals surface area contributed by atoms with Crippen molar-refractivity contribution < 1.29 is 23.8 Å². The monoisotopic (exact) mass is 645 g/mol. The minimum atomic E-state index is -0.228. The van der Waals surface area contributed by atoms with Crippen molar-refractivity contribution in [1.29, 1.82) is 0 Å². The van der Waals surface area contributed by atoms with E-state index in [1.807, 2.05) is 18.2 Å². The summed E-state index contributed by atoms with van der Waals surface area (Å²) in [5.74, 6) is 5.22. The topological polar surface area (TPSA) is 97.9 Å². The quantitative estimate of drug-likeness (QED) is 0.264. The Balaban J connectivity index is 0.850. The van der Waals surface area contributed by atoms with Crippen LogP contribution in [0.3, 0.4) is 0 Å². The highest BCUT2D eigenvalue weighted by atomic mass is 16.7. The van der Waals surface area contributed by atoms with Crippen molar-refractivity contribution in [2.45, 2.75) is 116 Å². The first-order valence-corrected chi connectivity index (χ1v) is 18.6. The molecule has 3 heterocycles. The molecule has 2 saturated heterocycles. The number of carbonyl (C=O) groups excluding carboxylic acids is 2. The second-order valence-corrected chi connectivity index (χ2v) is 16.9. The van der Waals surface area contributed by atoms with Gasteiger partial charge in [-0.15, -0.1) is 0 Å². The van der Waals surface area contributed by atoms with Gasteiger partial charge in [-0.05, 0) is 122 Å². The van der Waals surface area contributed by atoms with Gasteiger partial charge in [0, 0.05) is 25.0 Å². The summed E-state index contributed by atoms with van der Waals surface area (Å²) in [6, 6.07) is 5.93. The zero-order chi connectivity index (χ0) is 32.6. The van der Waals surface area contributed by atoms with Crippen LogP contribution in [0.15, 0.2) is 29.8 Å². The van der Waals surface area contributed by atoms with Crippen LogP contribution in [0.1, 0.15) is 97.5 Å². The summed E-state index contributed by atoms with van der Waals surface area (Å²) in [7, 11) is 0. The molecule has 0 radical (unpaired) electrons. The molecular weight excluding hydrogens is 590 g/mol. The number of rotatable bonds is 6. The Hall–Kier alpha value is -2.58. The first-order chi connectivity index (χ1) is 22.6. The van der Waals surface area contributed by atoms with Crippen LogP contribution < -0.4 is 25.4 Å². The number of carbonyl (C=O) groups is 2. The molecule has 2 amide bonds. The summed E-state index contributed by atoms with van der Waals surface area (Å²) in [5, 5.41) is 10.0. The number of allylic oxidation sites excluding steroid dienone is 1. The van der Waals surface area contributed by atoms with Gasteiger partial charge in [0.15, 0.2) is 11.5 Å². The van der Waals surface area contributed by atoms with Gasteiger partial charge < -0.3 is 24.8 Å². The van der Waals surface area contributed by atoms with Gasteiger partial charge in [0.05, 0.1) is 6.10 Å². The molecule has 5 fully saturated rings. The van der Waals surface area contributed by atoms with Crippen LogP contribution in [0.4, 0.5) is 0 Å². The van der Waals surface area contributed by atoms with Crippen molar-refractivity contribution in [3.8, 4) is 11.5 Å². The zero-order valence-electron chi connectivity index (χ0n) is 28.9. The summed E-state index contributed by atoms with van der Waals surface area (Å²) in [4.78, 5) is 25.5. The third-order valence-electron chi connectivity index (χ3n) is 14.4. The van der Waals surface area contributed by atoms with Gasteiger partial charge in [-0.1, -0.05) is 45.4 Å². The van der Waals surface area contributed by atoms with E-state index in [0.717, 1.165) is 73.5 Å². The number of hydrogen-bond donors (Lipinski definition) is 3. The molecule has 8 rings (SSSR count). The lowest BCUT2D eigenvalue weighted by Crippen LogP contribution is -2.57. The molecule has 8 heteroatoms. The molecular formula is C39H55N3O5. The van der Waals surface area contributed by atoms with Gasteiger partial charge in [-0.25, -0.2) is 0 Å². The number of nitrogens with one attached hydrogen (secondary N) is 3. The van der Waals surface area contributed by atoms with E-state index in [1.165, 1.54) is 25.7 Å². The van der Waals surface area contributed by atoms with E-state index in [2.05, 4.69) is 49.7 Å². The van der Waals surface area contributed by atoms with Gasteiger partial charge in [-0.3, -0.25) is 14.9 Å². The molecule has 256 valence electrons. The van der Waals surface area contributed by atoms with Crippen LogP contribution in [0.25, 0.3) is 0 Å². The predicted molar refractivity (Wildman–Crippen MR) is 180 cm³/mol. The van der Waals surface area contributed by atoms with Crippen molar-refractivity contribution in [3.05, 3.63) is 35.4 Å². The van der Waals surface area contributed by atoms with E-state index in [9.17, 15) is 9.59 Å². The number of ether oxygens (including phenoxy) is 3. The Labute approximate surface area is 280 Å². The Bertz CT molecular complexity index is 1440. The minimum absolute atomic E-state index is 0.101. The molecule has 3 saturated carbocycles. The van der Waals surface area contributed by atoms with Crippen molar-refractivity contribution in [2.24, 2.45) is 46.3 Å². The van der Waals surface area contributed by atoms with Gasteiger partial charge >= 0.3 is 0 Å². The fourth-order valence-electron chi connectivity index (χ4n) is 11.9. The molecule has 0 aromatic heterocycles. The average molecular weight is 646 g/mol. The first-order valence-electron chi connectivity index (χ1n) is 18.6. The molecule has 4 aliphatic carbocycles. The lowest BCUT2D eigenvalue weighted by molar-refractivity contribution is -0.129. The fraction of sp³-hybridized carbons (Fsp3) is 0.744. The average Bonchev–Trinajstić information content (AvgIpc) is 3.70. The van der Waals surface area contributed by atoms with Gasteiger partial charge in [0.1, 0.15) is 12.1 Å². The summed E-state index contributed by atoms with van der Waals surface area (Å²) in [6.07, 6.45) is 13.9. The summed E-state index contributed by atoms with van der Waals surface area (Å²) >= 11 is 0. The highest BCUT2D eigenvalue weighted by Gasteiger charge is 2.68. The van der Waals surface area contributed by atoms with Crippen molar-refractivity contribution in [1.82, 2.24) is 16.0 Å². The second kappa shape index (κ2) is 11.8. The van der Waals surface area contributed by atoms with E-state index in [1.54, 1.807) is 5.57 Å². The number of piperidine rings is 1. The smallest absolute Gasteiger partial charge is 0.231 e. The van der Waals surface area contributed by atoms with Crippen LogP contribution in [-0.4, -0.2) is 49.6 Å². The maximum atomic E-state index is 12.9. The van der Waals surface area contributed by atoms with E-state index in [0.29, 0.717) is 42.2 Å². The Morgan fingerprint density at radius 3 is 2.68 bits per heavy atom. The molecule has 1 aromatic rings. The van der Waals surface area contributed by atoms with Crippen LogP contribution in [0.2, 0.25) is 0 Å². The Morgan fingerprint density at radius 1 is 1.00 bits per heavy atom. The lowest BCUT2D eigenvalue weighted by Gasteiger charge is -2.58. The van der Waals surface area contributed by atoms with Crippen LogP contribution in [0.5, 0.6) is 11.5 Å². The zero-order valence-corrected chi connectivity index (χ0v) is 28.9. The highest BCUT2D eigenvalue weighted by molar-refractivity contribution is 5.97. The molecule has 3 N–H and O–H groups in total. The summed E-state index contributed by atoms with van der Waals surface area (Å²) in [6.45, 7) is 11.8. The SMILES string of the molecule is C[C@@H]1CC[C@@]2(NC1)O[C@H]1C[C@H]3[C@@H]4CC=C5C[C@H](NC(=O)CC(=O)NCCc6ccc7c(c6)OCO7)CC[C@]5(C)[C@H]4CC[C@]3(C)[C@H]1[C@@H]2C. The van der Waals surface area contributed by atoms with Crippen molar-refractivity contribution in [3.63, 3.8) is 0 Å². The van der Waals surface area contributed by atoms with Gasteiger partial charge in [0.25, 0.3) is 0 Å². The summed E-state index contributed by atoms with van der Waals surface area (Å²) in [5.41, 5.74) is 3.08. The third-order valence-corrected chi connectivity index (χ3v) is 14.4. The van der Waals surface area contributed by atoms with E-state index >= 15 is 0 Å². The maximum absolute atomic E-state index is 12.9. The maximum Gasteiger partial charge on any atom is 0.231 e. The molecule has 0 unspecified atom stereocenters. The second-order valence-electron chi connectivity index (χ2n) is 16.9. The molecule has 11 atom stereocenters. The number of benzene rings is 1. The standard InChI is InChI=1S/C39H55N3O5/c1-23-9-15-39(41-21-23)24(2)36-33(47-39)19-30-28-7-6-26-18-27(10-13-37(26,3)29(28)11-14-38(30,36)4)42-35(44)20-34(43)40-16-12-25-5-8-31-32(17-25)46-22-45-31/h5-6,8,17,23-24,27-30,33,36,41H,7,9-16,18-22H2,1-4H3,(H,40,43)(H,42,44)/t23-,24+,27-,28-,29+,30+,33+,36+,37+,38+,39-/m1/s1. The van der Waals surface area contributed by atoms with Gasteiger partial charge in [-0.2, -0.15) is 0 Å². The third kappa shape index (κ3) is 5.31. The Morgan fingerprint density at radius 2 is 1.85 bits per heavy atom. The number of amides is 2. The number of fused-ring (bicyclic) bond motifs is 8. The normalized spacial score (nSPS) is 42.9. The fourth-order valence-corrected chi connectivity index (χ4v) is 11.9. The first kappa shape index (κ1) is 31.7. The van der Waals surface area contributed by atoms with Crippen LogP contribution >= 0.6 is 0 Å². The minimum Gasteiger partial charge on any atom is -0.454 e. The molecule has 3 aliphatic heterocycles.